The molecule has 0 fully saturated rings. The molecule has 4 aromatic rings. The van der Waals surface area contributed by atoms with Crippen LogP contribution < -0.4 is 10.3 Å². The van der Waals surface area contributed by atoms with Gasteiger partial charge in [0.1, 0.15) is 11.4 Å². The summed E-state index contributed by atoms with van der Waals surface area (Å²) in [6, 6.07) is 12.9. The largest absolute Gasteiger partial charge is 0.450 e. The molecule has 1 aliphatic heterocycles. The van der Waals surface area contributed by atoms with E-state index in [1.807, 2.05) is 6.92 Å². The van der Waals surface area contributed by atoms with Crippen molar-refractivity contribution in [3.8, 4) is 0 Å². The van der Waals surface area contributed by atoms with E-state index in [2.05, 4.69) is 4.98 Å². The van der Waals surface area contributed by atoms with Crippen LogP contribution in [0.5, 0.6) is 0 Å². The first-order chi connectivity index (χ1) is 15.3. The van der Waals surface area contributed by atoms with Crippen molar-refractivity contribution in [1.82, 2.24) is 4.98 Å². The number of aromatic nitrogens is 1. The Morgan fingerprint density at radius 1 is 1.12 bits per heavy atom. The predicted octanol–water partition coefficient (Wildman–Crippen LogP) is 4.81. The van der Waals surface area contributed by atoms with Gasteiger partial charge in [0.25, 0.3) is 11.6 Å². The van der Waals surface area contributed by atoms with E-state index in [9.17, 15) is 19.7 Å². The van der Waals surface area contributed by atoms with E-state index in [4.69, 9.17) is 16.0 Å². The maximum atomic E-state index is 13.5. The van der Waals surface area contributed by atoms with Crippen LogP contribution in [0.4, 0.5) is 11.5 Å². The van der Waals surface area contributed by atoms with E-state index in [0.29, 0.717) is 16.4 Å². The molecule has 1 amide bonds. The number of fused-ring (bicyclic) bond motifs is 2. The number of aryl methyl sites for hydroxylation is 1. The summed E-state index contributed by atoms with van der Waals surface area (Å²) in [4.78, 5) is 43.5. The molecule has 3 heterocycles. The number of pyridine rings is 1. The smallest absolute Gasteiger partial charge is 0.296 e. The number of hydrogen-bond acceptors (Lipinski definition) is 6. The Morgan fingerprint density at radius 2 is 1.94 bits per heavy atom. The number of carbonyl (C=O) groups is 1. The second-order valence-corrected chi connectivity index (χ2v) is 7.87. The molecular weight excluding hydrogens is 434 g/mol. The van der Waals surface area contributed by atoms with Crippen molar-refractivity contribution in [2.24, 2.45) is 0 Å². The van der Waals surface area contributed by atoms with Crippen molar-refractivity contribution in [3.05, 3.63) is 109 Å². The molecule has 0 radical (unpaired) electrons. The number of non-ortho nitro benzene ring substituents is 1. The van der Waals surface area contributed by atoms with Crippen molar-refractivity contribution < 1.29 is 14.1 Å². The van der Waals surface area contributed by atoms with Gasteiger partial charge in [-0.15, -0.1) is 0 Å². The molecule has 0 saturated heterocycles. The first kappa shape index (κ1) is 19.9. The number of nitro benzene ring substituents is 1. The van der Waals surface area contributed by atoms with Crippen molar-refractivity contribution in [2.75, 3.05) is 4.90 Å². The number of anilines is 1. The maximum Gasteiger partial charge on any atom is 0.296 e. The quantitative estimate of drug-likeness (QED) is 0.329. The highest BCUT2D eigenvalue weighted by atomic mass is 35.5. The molecule has 158 valence electrons. The van der Waals surface area contributed by atoms with Gasteiger partial charge in [0.15, 0.2) is 5.43 Å². The summed E-state index contributed by atoms with van der Waals surface area (Å²) in [5.41, 5.74) is 0.977. The Balaban J connectivity index is 1.83. The average Bonchev–Trinajstić information content (AvgIpc) is 3.07. The van der Waals surface area contributed by atoms with Gasteiger partial charge in [-0.1, -0.05) is 23.7 Å². The van der Waals surface area contributed by atoms with E-state index in [1.54, 1.807) is 30.5 Å². The van der Waals surface area contributed by atoms with Gasteiger partial charge in [0, 0.05) is 23.4 Å². The summed E-state index contributed by atoms with van der Waals surface area (Å²) in [5.74, 6) is -0.368. The summed E-state index contributed by atoms with van der Waals surface area (Å²) in [5, 5.41) is 11.9. The molecule has 8 nitrogen and oxygen atoms in total. The minimum Gasteiger partial charge on any atom is -0.450 e. The van der Waals surface area contributed by atoms with E-state index < -0.39 is 22.3 Å². The number of hydrogen-bond donors (Lipinski definition) is 0. The van der Waals surface area contributed by atoms with E-state index in [0.717, 1.165) is 5.56 Å². The average molecular weight is 448 g/mol. The Kier molecular flexibility index (Phi) is 4.53. The lowest BCUT2D eigenvalue weighted by Gasteiger charge is -2.24. The number of amides is 1. The first-order valence-corrected chi connectivity index (χ1v) is 10.00. The minimum absolute atomic E-state index is 0.0913. The summed E-state index contributed by atoms with van der Waals surface area (Å²) < 4.78 is 5.85. The minimum atomic E-state index is -0.952. The summed E-state index contributed by atoms with van der Waals surface area (Å²) in [6.45, 7) is 1.85. The topological polar surface area (TPSA) is 107 Å². The fourth-order valence-electron chi connectivity index (χ4n) is 3.96. The zero-order valence-electron chi connectivity index (χ0n) is 16.6. The van der Waals surface area contributed by atoms with Crippen molar-refractivity contribution in [3.63, 3.8) is 0 Å². The molecule has 0 saturated carbocycles. The fraction of sp³-hybridized carbons (Fsp3) is 0.0870. The molecule has 0 unspecified atom stereocenters. The van der Waals surface area contributed by atoms with Gasteiger partial charge in [0.05, 0.1) is 21.9 Å². The van der Waals surface area contributed by atoms with Crippen molar-refractivity contribution >= 4 is 40.0 Å². The van der Waals surface area contributed by atoms with E-state index in [1.165, 1.54) is 35.2 Å². The van der Waals surface area contributed by atoms with Gasteiger partial charge in [-0.2, -0.15) is 0 Å². The number of benzene rings is 2. The van der Waals surface area contributed by atoms with Crippen LogP contribution in [0, 0.1) is 17.0 Å². The third-order valence-corrected chi connectivity index (χ3v) is 5.61. The molecule has 2 aromatic heterocycles. The molecule has 0 spiro atoms. The molecule has 1 atom stereocenters. The van der Waals surface area contributed by atoms with Gasteiger partial charge in [0.2, 0.25) is 5.76 Å². The van der Waals surface area contributed by atoms with Gasteiger partial charge < -0.3 is 4.42 Å². The van der Waals surface area contributed by atoms with Crippen LogP contribution in [0.15, 0.2) is 70.0 Å². The molecular formula is C23H14ClN3O5. The van der Waals surface area contributed by atoms with Crippen LogP contribution in [0.2, 0.25) is 5.02 Å². The Morgan fingerprint density at radius 3 is 2.69 bits per heavy atom. The predicted molar refractivity (Wildman–Crippen MR) is 118 cm³/mol. The van der Waals surface area contributed by atoms with Crippen molar-refractivity contribution in [2.45, 2.75) is 13.0 Å². The van der Waals surface area contributed by atoms with Gasteiger partial charge in [-0.25, -0.2) is 4.98 Å². The Labute approximate surface area is 185 Å². The van der Waals surface area contributed by atoms with Gasteiger partial charge in [-0.3, -0.25) is 24.6 Å². The van der Waals surface area contributed by atoms with Crippen molar-refractivity contribution in [1.29, 1.82) is 0 Å². The normalized spacial score (nSPS) is 15.2. The highest BCUT2D eigenvalue weighted by molar-refractivity contribution is 6.31. The number of halogens is 1. The molecule has 32 heavy (non-hydrogen) atoms. The molecule has 0 bridgehead atoms. The number of carbonyl (C=O) groups excluding carboxylic acids is 1. The Hall–Kier alpha value is -4.04. The van der Waals surface area contributed by atoms with Gasteiger partial charge in [-0.05, 0) is 48.4 Å². The monoisotopic (exact) mass is 447 g/mol. The molecule has 2 aromatic carbocycles. The molecule has 0 aliphatic carbocycles. The SMILES string of the molecule is Cc1ccnc(N2C(=O)c3oc4ccc(Cl)cc4c(=O)c3[C@H]2c2cccc([N+](=O)[O-])c2)c1. The second kappa shape index (κ2) is 7.28. The zero-order valence-corrected chi connectivity index (χ0v) is 17.4. The molecule has 1 aliphatic rings. The van der Waals surface area contributed by atoms with Crippen LogP contribution in [0.3, 0.4) is 0 Å². The zero-order chi connectivity index (χ0) is 22.6. The lowest BCUT2D eigenvalue weighted by atomic mass is 9.98. The van der Waals surface area contributed by atoms with Crippen LogP contribution >= 0.6 is 11.6 Å². The number of nitro groups is 1. The second-order valence-electron chi connectivity index (χ2n) is 7.44. The standard InChI is InChI=1S/C23H14ClN3O5/c1-12-7-8-25-18(9-12)26-20(13-3-2-4-15(10-13)27(30)31)19-21(28)16-11-14(24)5-6-17(16)32-22(19)23(26)29/h2-11,20H,1H3/t20-/m1/s1. The highest BCUT2D eigenvalue weighted by Gasteiger charge is 2.44. The number of rotatable bonds is 3. The lowest BCUT2D eigenvalue weighted by molar-refractivity contribution is -0.384. The van der Waals surface area contributed by atoms with Crippen LogP contribution in [-0.2, 0) is 0 Å². The third-order valence-electron chi connectivity index (χ3n) is 5.38. The van der Waals surface area contributed by atoms with Crippen LogP contribution in [-0.4, -0.2) is 15.8 Å². The highest BCUT2D eigenvalue weighted by Crippen LogP contribution is 2.41. The first-order valence-electron chi connectivity index (χ1n) is 9.62. The van der Waals surface area contributed by atoms with Gasteiger partial charge >= 0.3 is 0 Å². The van der Waals surface area contributed by atoms with E-state index >= 15 is 0 Å². The molecule has 9 heteroatoms. The summed E-state index contributed by atoms with van der Waals surface area (Å²) in [6.07, 6.45) is 1.55. The summed E-state index contributed by atoms with van der Waals surface area (Å²) in [7, 11) is 0. The number of nitrogens with zero attached hydrogens (tertiary/aromatic N) is 3. The Bertz CT molecular complexity index is 1500. The van der Waals surface area contributed by atoms with Crippen LogP contribution in [0.1, 0.15) is 33.3 Å². The molecule has 5 rings (SSSR count). The van der Waals surface area contributed by atoms with Crippen LogP contribution in [0.25, 0.3) is 11.0 Å². The van der Waals surface area contributed by atoms with E-state index in [-0.39, 0.29) is 28.0 Å². The lowest BCUT2D eigenvalue weighted by Crippen LogP contribution is -2.30. The third kappa shape index (κ3) is 3.04. The maximum absolute atomic E-state index is 13.5. The molecule has 0 N–H and O–H groups in total. The fourth-order valence-corrected chi connectivity index (χ4v) is 4.13. The summed E-state index contributed by atoms with van der Waals surface area (Å²) >= 11 is 6.08.